The zero-order chi connectivity index (χ0) is 22.7. The van der Waals surface area contributed by atoms with Crippen LogP contribution in [0.4, 0.5) is 0 Å². The second kappa shape index (κ2) is 13.0. The van der Waals surface area contributed by atoms with Gasteiger partial charge in [0.25, 0.3) is 0 Å². The highest BCUT2D eigenvalue weighted by molar-refractivity contribution is 7.80. The minimum Gasteiger partial charge on any atom is -0.480 e. The van der Waals surface area contributed by atoms with Crippen LogP contribution in [-0.2, 0) is 24.0 Å². The first-order chi connectivity index (χ1) is 13.5. The third-order valence-corrected chi connectivity index (χ3v) is 4.53. The van der Waals surface area contributed by atoms with E-state index in [0.29, 0.717) is 6.42 Å². The third-order valence-electron chi connectivity index (χ3n) is 4.16. The first-order valence-electron chi connectivity index (χ1n) is 8.87. The molecule has 0 radical (unpaired) electrons. The number of aliphatic hydroxyl groups excluding tert-OH is 1. The summed E-state index contributed by atoms with van der Waals surface area (Å²) in [5.74, 6) is -5.29. The molecular formula is C16H29N5O7S. The molecule has 0 aliphatic heterocycles. The topological polar surface area (TPSA) is 214 Å². The van der Waals surface area contributed by atoms with Crippen molar-refractivity contribution in [2.75, 3.05) is 12.4 Å². The molecule has 166 valence electrons. The Labute approximate surface area is 173 Å². The molecule has 0 saturated heterocycles. The smallest absolute Gasteiger partial charge is 0.327 e. The van der Waals surface area contributed by atoms with Crippen LogP contribution in [0.15, 0.2) is 0 Å². The average Bonchev–Trinajstić information content (AvgIpc) is 2.67. The summed E-state index contributed by atoms with van der Waals surface area (Å²) in [6.45, 7) is 2.73. The minimum absolute atomic E-state index is 0.165. The molecule has 0 spiro atoms. The van der Waals surface area contributed by atoms with Gasteiger partial charge in [0.1, 0.15) is 24.2 Å². The minimum atomic E-state index is -1.43. The summed E-state index contributed by atoms with van der Waals surface area (Å²) in [4.78, 5) is 59.4. The summed E-state index contributed by atoms with van der Waals surface area (Å²) >= 11 is 3.86. The summed E-state index contributed by atoms with van der Waals surface area (Å²) in [6.07, 6.45) is -0.113. The number of hydrogen-bond acceptors (Lipinski definition) is 8. The SMILES string of the molecule is CCC(C)C(NC(=O)C(CC(N)=O)NC(=O)C(N)CO)C(=O)NC(CS)C(=O)O. The fourth-order valence-corrected chi connectivity index (χ4v) is 2.42. The van der Waals surface area contributed by atoms with Crippen LogP contribution in [0, 0.1) is 5.92 Å². The molecule has 5 atom stereocenters. The number of hydrogen-bond donors (Lipinski definition) is 8. The van der Waals surface area contributed by atoms with Crippen molar-refractivity contribution in [3.8, 4) is 0 Å². The second-order valence-corrected chi connectivity index (χ2v) is 6.84. The summed E-state index contributed by atoms with van der Waals surface area (Å²) in [7, 11) is 0. The predicted molar refractivity (Wildman–Crippen MR) is 106 cm³/mol. The average molecular weight is 436 g/mol. The normalized spacial score (nSPS) is 15.9. The largest absolute Gasteiger partial charge is 0.480 e. The van der Waals surface area contributed by atoms with Crippen LogP contribution in [0.25, 0.3) is 0 Å². The van der Waals surface area contributed by atoms with Gasteiger partial charge in [-0.15, -0.1) is 0 Å². The van der Waals surface area contributed by atoms with Crippen molar-refractivity contribution >= 4 is 42.2 Å². The van der Waals surface area contributed by atoms with E-state index in [2.05, 4.69) is 28.6 Å². The maximum atomic E-state index is 12.6. The van der Waals surface area contributed by atoms with Crippen molar-refractivity contribution in [1.82, 2.24) is 16.0 Å². The molecule has 0 aromatic rings. The lowest BCUT2D eigenvalue weighted by Crippen LogP contribution is -2.59. The van der Waals surface area contributed by atoms with Crippen molar-refractivity contribution < 1.29 is 34.2 Å². The molecule has 13 heteroatoms. The third kappa shape index (κ3) is 9.11. The van der Waals surface area contributed by atoms with E-state index >= 15 is 0 Å². The van der Waals surface area contributed by atoms with Crippen molar-refractivity contribution in [2.45, 2.75) is 50.9 Å². The van der Waals surface area contributed by atoms with Gasteiger partial charge in [0.05, 0.1) is 13.0 Å². The summed E-state index contributed by atoms with van der Waals surface area (Å²) in [5, 5.41) is 24.9. The Morgan fingerprint density at radius 3 is 1.97 bits per heavy atom. The van der Waals surface area contributed by atoms with Crippen LogP contribution in [-0.4, -0.2) is 76.3 Å². The molecule has 0 rings (SSSR count). The van der Waals surface area contributed by atoms with Gasteiger partial charge in [-0.05, 0) is 5.92 Å². The zero-order valence-corrected chi connectivity index (χ0v) is 17.1. The molecule has 9 N–H and O–H groups in total. The number of carboxylic acids is 1. The Hall–Kier alpha value is -2.38. The maximum absolute atomic E-state index is 12.6. The number of nitrogens with two attached hydrogens (primary N) is 2. The first kappa shape index (κ1) is 26.6. The highest BCUT2D eigenvalue weighted by Crippen LogP contribution is 2.10. The number of thiol groups is 1. The lowest BCUT2D eigenvalue weighted by atomic mass is 9.97. The number of amides is 4. The van der Waals surface area contributed by atoms with Crippen LogP contribution in [0.5, 0.6) is 0 Å². The lowest BCUT2D eigenvalue weighted by Gasteiger charge is -2.27. The molecule has 0 bridgehead atoms. The van der Waals surface area contributed by atoms with Gasteiger partial charge in [-0.3, -0.25) is 19.2 Å². The van der Waals surface area contributed by atoms with Crippen LogP contribution in [0.2, 0.25) is 0 Å². The molecular weight excluding hydrogens is 406 g/mol. The molecule has 12 nitrogen and oxygen atoms in total. The van der Waals surface area contributed by atoms with E-state index in [1.165, 1.54) is 0 Å². The number of aliphatic hydroxyl groups is 1. The molecule has 0 aliphatic carbocycles. The molecule has 0 saturated carbocycles. The van der Waals surface area contributed by atoms with Gasteiger partial charge in [0.2, 0.25) is 23.6 Å². The fraction of sp³-hybridized carbons (Fsp3) is 0.688. The molecule has 4 amide bonds. The molecule has 0 aromatic heterocycles. The van der Waals surface area contributed by atoms with Gasteiger partial charge < -0.3 is 37.6 Å². The standard InChI is InChI=1S/C16H29N5O7S/c1-3-7(2)12(15(26)20-10(6-29)16(27)28)21-14(25)9(4-11(18)23)19-13(24)8(17)5-22/h7-10,12,22,29H,3-6,17H2,1-2H3,(H2,18,23)(H,19,24)(H,20,26)(H,21,25)(H,27,28). The fourth-order valence-electron chi connectivity index (χ4n) is 2.17. The van der Waals surface area contributed by atoms with Crippen LogP contribution < -0.4 is 27.4 Å². The van der Waals surface area contributed by atoms with E-state index in [9.17, 15) is 24.0 Å². The Morgan fingerprint density at radius 2 is 1.55 bits per heavy atom. The summed E-state index contributed by atoms with van der Waals surface area (Å²) in [6, 6.07) is -5.17. The first-order valence-corrected chi connectivity index (χ1v) is 9.51. The van der Waals surface area contributed by atoms with E-state index in [0.717, 1.165) is 0 Å². The Bertz CT molecular complexity index is 618. The van der Waals surface area contributed by atoms with Crippen LogP contribution in [0.3, 0.4) is 0 Å². The molecule has 0 fully saturated rings. The number of carbonyl (C=O) groups is 5. The van der Waals surface area contributed by atoms with E-state index in [-0.39, 0.29) is 5.75 Å². The van der Waals surface area contributed by atoms with E-state index in [4.69, 9.17) is 21.7 Å². The Balaban J connectivity index is 5.46. The molecule has 0 heterocycles. The Morgan fingerprint density at radius 1 is 1.00 bits per heavy atom. The van der Waals surface area contributed by atoms with Crippen LogP contribution in [0.1, 0.15) is 26.7 Å². The quantitative estimate of drug-likeness (QED) is 0.137. The van der Waals surface area contributed by atoms with Gasteiger partial charge >= 0.3 is 5.97 Å². The van der Waals surface area contributed by atoms with Gasteiger partial charge in [-0.25, -0.2) is 4.79 Å². The summed E-state index contributed by atoms with van der Waals surface area (Å²) in [5.41, 5.74) is 10.5. The molecule has 5 unspecified atom stereocenters. The Kier molecular flexibility index (Phi) is 11.9. The number of carboxylic acid groups (broad SMARTS) is 1. The number of carbonyl (C=O) groups excluding carboxylic acids is 4. The maximum Gasteiger partial charge on any atom is 0.327 e. The molecule has 29 heavy (non-hydrogen) atoms. The van der Waals surface area contributed by atoms with Crippen molar-refractivity contribution in [3.05, 3.63) is 0 Å². The van der Waals surface area contributed by atoms with E-state index < -0.39 is 72.7 Å². The predicted octanol–water partition coefficient (Wildman–Crippen LogP) is -3.30. The van der Waals surface area contributed by atoms with E-state index in [1.807, 2.05) is 0 Å². The van der Waals surface area contributed by atoms with Gasteiger partial charge in [-0.1, -0.05) is 20.3 Å². The number of nitrogens with one attached hydrogen (secondary N) is 3. The monoisotopic (exact) mass is 435 g/mol. The van der Waals surface area contributed by atoms with Crippen molar-refractivity contribution in [2.24, 2.45) is 17.4 Å². The second-order valence-electron chi connectivity index (χ2n) is 6.47. The number of aliphatic carboxylic acids is 1. The molecule has 0 aliphatic rings. The van der Waals surface area contributed by atoms with E-state index in [1.54, 1.807) is 13.8 Å². The number of rotatable bonds is 13. The van der Waals surface area contributed by atoms with Crippen molar-refractivity contribution in [1.29, 1.82) is 0 Å². The number of primary amides is 1. The lowest BCUT2D eigenvalue weighted by molar-refractivity contribution is -0.142. The zero-order valence-electron chi connectivity index (χ0n) is 16.3. The highest BCUT2D eigenvalue weighted by atomic mass is 32.1. The van der Waals surface area contributed by atoms with Crippen LogP contribution >= 0.6 is 12.6 Å². The molecule has 0 aromatic carbocycles. The van der Waals surface area contributed by atoms with Gasteiger partial charge in [0.15, 0.2) is 0 Å². The van der Waals surface area contributed by atoms with Crippen molar-refractivity contribution in [3.63, 3.8) is 0 Å². The highest BCUT2D eigenvalue weighted by Gasteiger charge is 2.33. The van der Waals surface area contributed by atoms with Gasteiger partial charge in [-0.2, -0.15) is 12.6 Å². The summed E-state index contributed by atoms with van der Waals surface area (Å²) < 4.78 is 0. The van der Waals surface area contributed by atoms with Gasteiger partial charge in [0, 0.05) is 5.75 Å².